The second-order valence-electron chi connectivity index (χ2n) is 7.85. The van der Waals surface area contributed by atoms with E-state index in [1.165, 1.54) is 25.0 Å². The van der Waals surface area contributed by atoms with Crippen LogP contribution in [-0.2, 0) is 12.0 Å². The van der Waals surface area contributed by atoms with Crippen molar-refractivity contribution in [3.8, 4) is 11.5 Å². The summed E-state index contributed by atoms with van der Waals surface area (Å²) in [5.41, 5.74) is 1.91. The molecule has 2 aromatic carbocycles. The molecule has 3 nitrogen and oxygen atoms in total. The van der Waals surface area contributed by atoms with E-state index in [9.17, 15) is 4.39 Å². The van der Waals surface area contributed by atoms with E-state index in [1.54, 1.807) is 7.11 Å². The molecule has 1 aliphatic heterocycles. The van der Waals surface area contributed by atoms with Crippen molar-refractivity contribution in [2.45, 2.75) is 50.2 Å². The highest BCUT2D eigenvalue weighted by Gasteiger charge is 2.30. The Bertz CT molecular complexity index is 884. The Morgan fingerprint density at radius 2 is 1.83 bits per heavy atom. The molecule has 4 rings (SSSR count). The SMILES string of the molecule is COc1ccc(C2(CCc3ccc(F)cc3)C=CC=CN2)cc1OC1CCCC1. The number of allylic oxidation sites excluding steroid dienone is 2. The molecule has 1 unspecified atom stereocenters. The van der Waals surface area contributed by atoms with E-state index in [1.807, 2.05) is 30.5 Å². The van der Waals surface area contributed by atoms with Crippen molar-refractivity contribution in [1.82, 2.24) is 5.32 Å². The van der Waals surface area contributed by atoms with E-state index in [4.69, 9.17) is 9.47 Å². The van der Waals surface area contributed by atoms with Gasteiger partial charge in [0.15, 0.2) is 11.5 Å². The van der Waals surface area contributed by atoms with Gasteiger partial charge in [-0.15, -0.1) is 0 Å². The lowest BCUT2D eigenvalue weighted by molar-refractivity contribution is 0.200. The second-order valence-corrected chi connectivity index (χ2v) is 7.85. The lowest BCUT2D eigenvalue weighted by Gasteiger charge is -2.34. The van der Waals surface area contributed by atoms with Crippen molar-refractivity contribution in [1.29, 1.82) is 0 Å². The van der Waals surface area contributed by atoms with Gasteiger partial charge >= 0.3 is 0 Å². The molecule has 1 atom stereocenters. The minimum Gasteiger partial charge on any atom is -0.493 e. The maximum absolute atomic E-state index is 13.2. The van der Waals surface area contributed by atoms with Crippen LogP contribution in [-0.4, -0.2) is 13.2 Å². The van der Waals surface area contributed by atoms with Crippen molar-refractivity contribution in [2.75, 3.05) is 7.11 Å². The number of dihydropyridines is 1. The average Bonchev–Trinajstić information content (AvgIpc) is 3.27. The Balaban J connectivity index is 1.61. The summed E-state index contributed by atoms with van der Waals surface area (Å²) < 4.78 is 25.1. The van der Waals surface area contributed by atoms with Crippen LogP contribution in [0.5, 0.6) is 11.5 Å². The molecule has 0 saturated heterocycles. The number of hydrogen-bond donors (Lipinski definition) is 1. The number of aryl methyl sites for hydroxylation is 1. The van der Waals surface area contributed by atoms with Crippen LogP contribution in [0.4, 0.5) is 4.39 Å². The zero-order valence-corrected chi connectivity index (χ0v) is 16.9. The number of methoxy groups -OCH3 is 1. The molecule has 1 aliphatic carbocycles. The molecule has 2 aliphatic rings. The van der Waals surface area contributed by atoms with Gasteiger partial charge in [-0.2, -0.15) is 0 Å². The molecule has 29 heavy (non-hydrogen) atoms. The van der Waals surface area contributed by atoms with E-state index < -0.39 is 0 Å². The molecule has 152 valence electrons. The maximum Gasteiger partial charge on any atom is 0.161 e. The van der Waals surface area contributed by atoms with Crippen LogP contribution in [0.2, 0.25) is 0 Å². The van der Waals surface area contributed by atoms with Crippen LogP contribution in [0.3, 0.4) is 0 Å². The Morgan fingerprint density at radius 3 is 2.52 bits per heavy atom. The highest BCUT2D eigenvalue weighted by atomic mass is 19.1. The van der Waals surface area contributed by atoms with Gasteiger partial charge in [-0.25, -0.2) is 4.39 Å². The van der Waals surface area contributed by atoms with Crippen molar-refractivity contribution in [2.24, 2.45) is 0 Å². The fourth-order valence-electron chi connectivity index (χ4n) is 4.22. The van der Waals surface area contributed by atoms with Gasteiger partial charge in [0.25, 0.3) is 0 Å². The zero-order chi connectivity index (χ0) is 20.1. The minimum absolute atomic E-state index is 0.203. The molecule has 1 fully saturated rings. The number of benzene rings is 2. The topological polar surface area (TPSA) is 30.5 Å². The smallest absolute Gasteiger partial charge is 0.161 e. The maximum atomic E-state index is 13.2. The lowest BCUT2D eigenvalue weighted by Crippen LogP contribution is -2.39. The second kappa shape index (κ2) is 8.73. The first-order chi connectivity index (χ1) is 14.2. The van der Waals surface area contributed by atoms with Crippen LogP contribution in [0.25, 0.3) is 0 Å². The summed E-state index contributed by atoms with van der Waals surface area (Å²) >= 11 is 0. The van der Waals surface area contributed by atoms with E-state index >= 15 is 0 Å². The van der Waals surface area contributed by atoms with Crippen molar-refractivity contribution < 1.29 is 13.9 Å². The molecule has 0 amide bonds. The van der Waals surface area contributed by atoms with Gasteiger partial charge < -0.3 is 14.8 Å². The minimum atomic E-state index is -0.344. The molecule has 2 aromatic rings. The van der Waals surface area contributed by atoms with Gasteiger partial charge in [-0.1, -0.05) is 30.4 Å². The lowest BCUT2D eigenvalue weighted by atomic mass is 9.82. The highest BCUT2D eigenvalue weighted by Crippen LogP contribution is 2.38. The summed E-state index contributed by atoms with van der Waals surface area (Å²) in [5, 5.41) is 3.55. The van der Waals surface area contributed by atoms with Crippen LogP contribution in [0, 0.1) is 5.82 Å². The van der Waals surface area contributed by atoms with Crippen LogP contribution in [0.15, 0.2) is 66.9 Å². The molecular formula is C25H28FNO2. The molecule has 0 bridgehead atoms. The number of halogens is 1. The Hall–Kier alpha value is -2.75. The zero-order valence-electron chi connectivity index (χ0n) is 16.9. The fraction of sp³-hybridized carbons (Fsp3) is 0.360. The first-order valence-corrected chi connectivity index (χ1v) is 10.4. The number of nitrogens with one attached hydrogen (secondary N) is 1. The largest absolute Gasteiger partial charge is 0.493 e. The van der Waals surface area contributed by atoms with Gasteiger partial charge in [0.05, 0.1) is 18.8 Å². The molecule has 0 spiro atoms. The summed E-state index contributed by atoms with van der Waals surface area (Å²) in [5.74, 6) is 1.37. The van der Waals surface area contributed by atoms with Gasteiger partial charge in [-0.3, -0.25) is 0 Å². The van der Waals surface area contributed by atoms with E-state index in [-0.39, 0.29) is 17.5 Å². The number of rotatable bonds is 7. The third kappa shape index (κ3) is 4.47. The van der Waals surface area contributed by atoms with Crippen LogP contribution < -0.4 is 14.8 Å². The first kappa shape index (κ1) is 19.6. The number of hydrogen-bond acceptors (Lipinski definition) is 3. The predicted molar refractivity (Wildman–Crippen MR) is 114 cm³/mol. The average molecular weight is 394 g/mol. The molecule has 1 saturated carbocycles. The van der Waals surface area contributed by atoms with E-state index in [2.05, 4.69) is 29.6 Å². The highest BCUT2D eigenvalue weighted by molar-refractivity contribution is 5.47. The van der Waals surface area contributed by atoms with Gasteiger partial charge in [0, 0.05) is 0 Å². The third-order valence-corrected chi connectivity index (χ3v) is 5.92. The fourth-order valence-corrected chi connectivity index (χ4v) is 4.22. The third-order valence-electron chi connectivity index (χ3n) is 5.92. The van der Waals surface area contributed by atoms with Gasteiger partial charge in [0.2, 0.25) is 0 Å². The predicted octanol–water partition coefficient (Wildman–Crippen LogP) is 5.66. The van der Waals surface area contributed by atoms with Crippen molar-refractivity contribution in [3.05, 3.63) is 83.8 Å². The van der Waals surface area contributed by atoms with Crippen LogP contribution >= 0.6 is 0 Å². The van der Waals surface area contributed by atoms with E-state index in [0.29, 0.717) is 0 Å². The Morgan fingerprint density at radius 1 is 1.03 bits per heavy atom. The summed E-state index contributed by atoms with van der Waals surface area (Å²) in [6, 6.07) is 13.0. The Kier molecular flexibility index (Phi) is 5.89. The normalized spacial score (nSPS) is 21.2. The standard InChI is InChI=1S/C25H28FNO2/c1-28-23-13-10-20(18-24(23)29-22-6-2-3-7-22)25(15-4-5-17-27-25)16-14-19-8-11-21(26)12-9-19/h4-5,8-13,15,17-18,22,27H,2-3,6-7,14,16H2,1H3. The Labute approximate surface area is 172 Å². The molecular weight excluding hydrogens is 365 g/mol. The first-order valence-electron chi connectivity index (χ1n) is 10.4. The summed E-state index contributed by atoms with van der Waals surface area (Å²) in [6.07, 6.45) is 14.8. The van der Waals surface area contributed by atoms with Crippen molar-refractivity contribution >= 4 is 0 Å². The molecule has 1 heterocycles. The number of ether oxygens (including phenoxy) is 2. The monoisotopic (exact) mass is 393 g/mol. The van der Waals surface area contributed by atoms with Crippen LogP contribution in [0.1, 0.15) is 43.2 Å². The quantitative estimate of drug-likeness (QED) is 0.659. The summed E-state index contributed by atoms with van der Waals surface area (Å²) in [4.78, 5) is 0. The summed E-state index contributed by atoms with van der Waals surface area (Å²) in [6.45, 7) is 0. The van der Waals surface area contributed by atoms with E-state index in [0.717, 1.165) is 48.3 Å². The van der Waals surface area contributed by atoms with Crippen molar-refractivity contribution in [3.63, 3.8) is 0 Å². The molecule has 4 heteroatoms. The van der Waals surface area contributed by atoms with Gasteiger partial charge in [0.1, 0.15) is 5.82 Å². The molecule has 0 radical (unpaired) electrons. The molecule has 0 aromatic heterocycles. The molecule has 1 N–H and O–H groups in total. The summed E-state index contributed by atoms with van der Waals surface area (Å²) in [7, 11) is 1.68. The van der Waals surface area contributed by atoms with Gasteiger partial charge in [-0.05, 0) is 86.2 Å².